The summed E-state index contributed by atoms with van der Waals surface area (Å²) in [6, 6.07) is 20.3. The molecule has 0 aliphatic rings. The summed E-state index contributed by atoms with van der Waals surface area (Å²) < 4.78 is 42.6. The van der Waals surface area contributed by atoms with Gasteiger partial charge in [0.15, 0.2) is 11.5 Å². The molecule has 0 saturated carbocycles. The Morgan fingerprint density at radius 1 is 0.878 bits per heavy atom. The maximum atomic E-state index is 12.6. The average Bonchev–Trinajstić information content (AvgIpc) is 2.92. The summed E-state index contributed by atoms with van der Waals surface area (Å²) in [7, 11) is 1.55. The van der Waals surface area contributed by atoms with E-state index in [1.165, 1.54) is 0 Å². The summed E-state index contributed by atoms with van der Waals surface area (Å²) in [5, 5.41) is 19.5. The zero-order valence-electron chi connectivity index (χ0n) is 22.6. The fourth-order valence-electron chi connectivity index (χ4n) is 3.48. The smallest absolute Gasteiger partial charge is 0.490 e. The molecular weight excluding hydrogens is 545 g/mol. The Morgan fingerprint density at radius 3 is 2.05 bits per heavy atom. The Labute approximate surface area is 234 Å². The number of carboxylic acid groups (broad SMARTS) is 2. The number of alkyl halides is 3. The molecule has 0 aliphatic carbocycles. The van der Waals surface area contributed by atoms with E-state index >= 15 is 0 Å². The van der Waals surface area contributed by atoms with Gasteiger partial charge < -0.3 is 30.7 Å². The fourth-order valence-corrected chi connectivity index (χ4v) is 3.48. The van der Waals surface area contributed by atoms with Crippen LogP contribution in [0.25, 0.3) is 11.1 Å². The van der Waals surface area contributed by atoms with E-state index in [4.69, 9.17) is 25.1 Å². The van der Waals surface area contributed by atoms with Crippen molar-refractivity contribution in [2.24, 2.45) is 5.73 Å². The number of anilines is 1. The molecule has 1 amide bonds. The molecule has 0 radical (unpaired) electrons. The van der Waals surface area contributed by atoms with E-state index in [9.17, 15) is 27.9 Å². The summed E-state index contributed by atoms with van der Waals surface area (Å²) in [6.45, 7) is 4.14. The molecule has 0 saturated heterocycles. The van der Waals surface area contributed by atoms with Crippen molar-refractivity contribution in [3.63, 3.8) is 0 Å². The molecule has 41 heavy (non-hydrogen) atoms. The number of rotatable bonds is 10. The number of benzene rings is 3. The molecular formula is C29H31F3N2O7. The van der Waals surface area contributed by atoms with E-state index < -0.39 is 23.5 Å². The maximum Gasteiger partial charge on any atom is 0.490 e. The predicted octanol–water partition coefficient (Wildman–Crippen LogP) is 4.88. The lowest BCUT2D eigenvalue weighted by molar-refractivity contribution is -0.192. The average molecular weight is 577 g/mol. The molecule has 9 nitrogen and oxygen atoms in total. The van der Waals surface area contributed by atoms with Gasteiger partial charge in [-0.3, -0.25) is 9.59 Å². The minimum Gasteiger partial charge on any atom is -0.493 e. The van der Waals surface area contributed by atoms with Gasteiger partial charge in [-0.15, -0.1) is 0 Å². The van der Waals surface area contributed by atoms with Crippen LogP contribution in [-0.4, -0.2) is 54.5 Å². The van der Waals surface area contributed by atoms with Gasteiger partial charge in [0.05, 0.1) is 18.9 Å². The predicted molar refractivity (Wildman–Crippen MR) is 146 cm³/mol. The van der Waals surface area contributed by atoms with Gasteiger partial charge in [-0.2, -0.15) is 13.2 Å². The quantitative estimate of drug-likeness (QED) is 0.267. The first kappa shape index (κ1) is 32.6. The normalized spacial score (nSPS) is 11.1. The fraction of sp³-hybridized carbons (Fsp3) is 0.276. The highest BCUT2D eigenvalue weighted by Crippen LogP contribution is 2.30. The highest BCUT2D eigenvalue weighted by molar-refractivity contribution is 5.93. The lowest BCUT2D eigenvalue weighted by Gasteiger charge is -2.20. The molecule has 0 heterocycles. The Kier molecular flexibility index (Phi) is 11.3. The minimum atomic E-state index is -5.08. The van der Waals surface area contributed by atoms with Gasteiger partial charge in [-0.05, 0) is 60.4 Å². The molecule has 3 aromatic carbocycles. The monoisotopic (exact) mass is 576 g/mol. The molecule has 12 heteroatoms. The second kappa shape index (κ2) is 14.2. The van der Waals surface area contributed by atoms with Crippen LogP contribution in [0.15, 0.2) is 66.7 Å². The zero-order chi connectivity index (χ0) is 30.8. The Hall–Kier alpha value is -4.58. The number of hydrogen-bond donors (Lipinski definition) is 4. The standard InChI is InChI=1S/C27H30N2O5.C2HF3O2/c1-27(2,26(31)32)21-10-8-19(9-11-21)20-5-4-6-22(17-20)29-25(30)16-18-7-12-23(34-14-13-28)24(15-18)33-3;3-2(4,5)1(6)7/h4-12,15,17H,13-14,16,28H2,1-3H3,(H,29,30)(H,31,32);(H,6,7). The number of carbonyl (C=O) groups is 3. The zero-order valence-corrected chi connectivity index (χ0v) is 22.6. The van der Waals surface area contributed by atoms with Gasteiger partial charge in [-0.25, -0.2) is 4.79 Å². The summed E-state index contributed by atoms with van der Waals surface area (Å²) in [5.41, 5.74) is 8.55. The molecule has 0 bridgehead atoms. The number of nitrogens with one attached hydrogen (secondary N) is 1. The van der Waals surface area contributed by atoms with Crippen LogP contribution in [0.3, 0.4) is 0 Å². The number of ether oxygens (including phenoxy) is 2. The van der Waals surface area contributed by atoms with Crippen LogP contribution in [0.4, 0.5) is 18.9 Å². The first-order chi connectivity index (χ1) is 19.2. The first-order valence-electron chi connectivity index (χ1n) is 12.2. The maximum absolute atomic E-state index is 12.6. The number of amides is 1. The van der Waals surface area contributed by atoms with E-state index in [-0.39, 0.29) is 12.3 Å². The van der Waals surface area contributed by atoms with Crippen molar-refractivity contribution in [2.75, 3.05) is 25.6 Å². The van der Waals surface area contributed by atoms with E-state index in [0.29, 0.717) is 30.3 Å². The molecule has 0 unspecified atom stereocenters. The number of aliphatic carboxylic acids is 2. The number of nitrogens with two attached hydrogens (primary N) is 1. The molecule has 0 aliphatic heterocycles. The molecule has 0 spiro atoms. The topological polar surface area (TPSA) is 148 Å². The Balaban J connectivity index is 0.000000745. The van der Waals surface area contributed by atoms with Crippen LogP contribution in [0, 0.1) is 0 Å². The van der Waals surface area contributed by atoms with E-state index in [1.807, 2.05) is 54.6 Å². The van der Waals surface area contributed by atoms with Crippen molar-refractivity contribution in [3.8, 4) is 22.6 Å². The van der Waals surface area contributed by atoms with Gasteiger partial charge in [0, 0.05) is 12.2 Å². The number of methoxy groups -OCH3 is 1. The van der Waals surface area contributed by atoms with Crippen molar-refractivity contribution < 1.29 is 47.2 Å². The van der Waals surface area contributed by atoms with Crippen molar-refractivity contribution in [2.45, 2.75) is 31.9 Å². The van der Waals surface area contributed by atoms with Crippen LogP contribution >= 0.6 is 0 Å². The van der Waals surface area contributed by atoms with Crippen LogP contribution in [0.5, 0.6) is 11.5 Å². The highest BCUT2D eigenvalue weighted by atomic mass is 19.4. The number of hydrogen-bond acceptors (Lipinski definition) is 6. The third-order valence-corrected chi connectivity index (χ3v) is 5.83. The summed E-state index contributed by atoms with van der Waals surface area (Å²) in [4.78, 5) is 33.0. The largest absolute Gasteiger partial charge is 0.493 e. The number of halogens is 3. The lowest BCUT2D eigenvalue weighted by Crippen LogP contribution is -2.28. The Morgan fingerprint density at radius 2 is 1.51 bits per heavy atom. The van der Waals surface area contributed by atoms with Crippen LogP contribution < -0.4 is 20.5 Å². The summed E-state index contributed by atoms with van der Waals surface area (Å²) >= 11 is 0. The van der Waals surface area contributed by atoms with Gasteiger partial charge in [0.25, 0.3) is 0 Å². The lowest BCUT2D eigenvalue weighted by atomic mass is 9.84. The van der Waals surface area contributed by atoms with Gasteiger partial charge in [0.2, 0.25) is 5.91 Å². The van der Waals surface area contributed by atoms with Crippen LogP contribution in [0.1, 0.15) is 25.0 Å². The number of carboxylic acids is 2. The molecule has 3 aromatic rings. The highest BCUT2D eigenvalue weighted by Gasteiger charge is 2.38. The first-order valence-corrected chi connectivity index (χ1v) is 12.2. The second-order valence-electron chi connectivity index (χ2n) is 9.24. The van der Waals surface area contributed by atoms with E-state index in [0.717, 1.165) is 22.3 Å². The minimum absolute atomic E-state index is 0.159. The molecule has 0 atom stereocenters. The van der Waals surface area contributed by atoms with Gasteiger partial charge >= 0.3 is 18.1 Å². The molecule has 0 fully saturated rings. The second-order valence-corrected chi connectivity index (χ2v) is 9.24. The summed E-state index contributed by atoms with van der Waals surface area (Å²) in [5.74, 6) is -2.65. The van der Waals surface area contributed by atoms with Crippen molar-refractivity contribution in [1.82, 2.24) is 0 Å². The van der Waals surface area contributed by atoms with E-state index in [1.54, 1.807) is 33.1 Å². The third-order valence-electron chi connectivity index (χ3n) is 5.83. The van der Waals surface area contributed by atoms with Gasteiger partial charge in [-0.1, -0.05) is 42.5 Å². The third kappa shape index (κ3) is 9.53. The van der Waals surface area contributed by atoms with Crippen LogP contribution in [0.2, 0.25) is 0 Å². The Bertz CT molecular complexity index is 1360. The molecule has 5 N–H and O–H groups in total. The number of carbonyl (C=O) groups excluding carboxylic acids is 1. The molecule has 3 rings (SSSR count). The molecule has 220 valence electrons. The van der Waals surface area contributed by atoms with Crippen molar-refractivity contribution >= 4 is 23.5 Å². The SMILES string of the molecule is COc1cc(CC(=O)Nc2cccc(-c3ccc(C(C)(C)C(=O)O)cc3)c2)ccc1OCCN.O=C(O)C(F)(F)F. The van der Waals surface area contributed by atoms with E-state index in [2.05, 4.69) is 5.32 Å². The van der Waals surface area contributed by atoms with Crippen LogP contribution in [-0.2, 0) is 26.2 Å². The molecule has 0 aromatic heterocycles. The summed E-state index contributed by atoms with van der Waals surface area (Å²) in [6.07, 6.45) is -4.91. The van der Waals surface area contributed by atoms with Crippen molar-refractivity contribution in [1.29, 1.82) is 0 Å². The van der Waals surface area contributed by atoms with Crippen molar-refractivity contribution in [3.05, 3.63) is 77.9 Å². The van der Waals surface area contributed by atoms with Gasteiger partial charge in [0.1, 0.15) is 6.61 Å².